The minimum atomic E-state index is -0.457. The SMILES string of the molecule is NC(=O)c1cccc2cn(-c3ccc(CNCCN4CCCC4)cc3)nc12. The maximum atomic E-state index is 11.6. The number of hydrogen-bond donors (Lipinski definition) is 2. The summed E-state index contributed by atoms with van der Waals surface area (Å²) in [5.41, 5.74) is 8.74. The van der Waals surface area contributed by atoms with Crippen molar-refractivity contribution in [3.8, 4) is 5.69 Å². The zero-order valence-corrected chi connectivity index (χ0v) is 15.4. The van der Waals surface area contributed by atoms with Crippen molar-refractivity contribution in [1.82, 2.24) is 20.0 Å². The predicted octanol–water partition coefficient (Wildman–Crippen LogP) is 2.31. The van der Waals surface area contributed by atoms with E-state index in [1.807, 2.05) is 30.5 Å². The highest BCUT2D eigenvalue weighted by Crippen LogP contribution is 2.19. The predicted molar refractivity (Wildman–Crippen MR) is 107 cm³/mol. The monoisotopic (exact) mass is 363 g/mol. The van der Waals surface area contributed by atoms with Gasteiger partial charge in [-0.2, -0.15) is 5.10 Å². The van der Waals surface area contributed by atoms with E-state index in [1.54, 1.807) is 10.7 Å². The van der Waals surface area contributed by atoms with E-state index in [-0.39, 0.29) is 0 Å². The summed E-state index contributed by atoms with van der Waals surface area (Å²) in [7, 11) is 0. The molecule has 1 aliphatic rings. The van der Waals surface area contributed by atoms with E-state index in [2.05, 4.69) is 27.4 Å². The van der Waals surface area contributed by atoms with Crippen LogP contribution < -0.4 is 11.1 Å². The maximum Gasteiger partial charge on any atom is 0.250 e. The first-order valence-electron chi connectivity index (χ1n) is 9.51. The van der Waals surface area contributed by atoms with Gasteiger partial charge in [0, 0.05) is 31.2 Å². The zero-order valence-electron chi connectivity index (χ0n) is 15.4. The number of nitrogens with zero attached hydrogens (tertiary/aromatic N) is 3. The second kappa shape index (κ2) is 7.90. The summed E-state index contributed by atoms with van der Waals surface area (Å²) in [6.07, 6.45) is 4.60. The second-order valence-electron chi connectivity index (χ2n) is 7.07. The van der Waals surface area contributed by atoms with Gasteiger partial charge >= 0.3 is 0 Å². The number of likely N-dealkylation sites (tertiary alicyclic amines) is 1. The van der Waals surface area contributed by atoms with E-state index in [9.17, 15) is 4.79 Å². The first kappa shape index (κ1) is 17.7. The molecule has 1 aliphatic heterocycles. The zero-order chi connectivity index (χ0) is 18.6. The number of carbonyl (C=O) groups excluding carboxylic acids is 1. The number of primary amides is 1. The molecule has 0 radical (unpaired) electrons. The number of hydrogen-bond acceptors (Lipinski definition) is 4. The van der Waals surface area contributed by atoms with Crippen molar-refractivity contribution >= 4 is 16.8 Å². The molecule has 3 aromatic rings. The van der Waals surface area contributed by atoms with Crippen LogP contribution >= 0.6 is 0 Å². The normalized spacial score (nSPS) is 14.8. The number of carbonyl (C=O) groups is 1. The highest BCUT2D eigenvalue weighted by molar-refractivity contribution is 6.04. The molecule has 6 nitrogen and oxygen atoms in total. The van der Waals surface area contributed by atoms with E-state index < -0.39 is 5.91 Å². The Labute approximate surface area is 159 Å². The summed E-state index contributed by atoms with van der Waals surface area (Å²) in [5.74, 6) is -0.457. The first-order chi connectivity index (χ1) is 13.2. The van der Waals surface area contributed by atoms with Crippen molar-refractivity contribution in [2.75, 3.05) is 26.2 Å². The number of benzene rings is 2. The number of fused-ring (bicyclic) bond motifs is 1. The molecular formula is C21H25N5O. The van der Waals surface area contributed by atoms with Gasteiger partial charge < -0.3 is 16.0 Å². The molecule has 1 saturated heterocycles. The van der Waals surface area contributed by atoms with Gasteiger partial charge in [-0.25, -0.2) is 4.68 Å². The fraction of sp³-hybridized carbons (Fsp3) is 0.333. The molecule has 2 aromatic carbocycles. The maximum absolute atomic E-state index is 11.6. The van der Waals surface area contributed by atoms with Crippen LogP contribution in [0.5, 0.6) is 0 Å². The number of aromatic nitrogens is 2. The Bertz CT molecular complexity index is 925. The van der Waals surface area contributed by atoms with Crippen LogP contribution in [-0.4, -0.2) is 46.8 Å². The molecule has 27 heavy (non-hydrogen) atoms. The van der Waals surface area contributed by atoms with Crippen LogP contribution in [0.15, 0.2) is 48.7 Å². The molecule has 0 unspecified atom stereocenters. The van der Waals surface area contributed by atoms with Gasteiger partial charge in [0.15, 0.2) is 0 Å². The summed E-state index contributed by atoms with van der Waals surface area (Å²) < 4.78 is 1.79. The van der Waals surface area contributed by atoms with Crippen LogP contribution in [0.4, 0.5) is 0 Å². The average molecular weight is 363 g/mol. The minimum absolute atomic E-state index is 0.449. The Balaban J connectivity index is 1.40. The van der Waals surface area contributed by atoms with E-state index in [0.29, 0.717) is 11.1 Å². The van der Waals surface area contributed by atoms with Gasteiger partial charge in [-0.15, -0.1) is 0 Å². The number of rotatable bonds is 7. The van der Waals surface area contributed by atoms with Gasteiger partial charge in [0.25, 0.3) is 5.91 Å². The Kier molecular flexibility index (Phi) is 5.18. The summed E-state index contributed by atoms with van der Waals surface area (Å²) in [5, 5.41) is 8.96. The van der Waals surface area contributed by atoms with Crippen LogP contribution in [0.2, 0.25) is 0 Å². The summed E-state index contributed by atoms with van der Waals surface area (Å²) in [6.45, 7) is 5.49. The third-order valence-corrected chi connectivity index (χ3v) is 5.14. The molecule has 0 aliphatic carbocycles. The van der Waals surface area contributed by atoms with Crippen molar-refractivity contribution in [2.45, 2.75) is 19.4 Å². The van der Waals surface area contributed by atoms with E-state index in [4.69, 9.17) is 5.73 Å². The molecule has 1 amide bonds. The largest absolute Gasteiger partial charge is 0.366 e. The van der Waals surface area contributed by atoms with Crippen molar-refractivity contribution in [3.63, 3.8) is 0 Å². The van der Waals surface area contributed by atoms with Gasteiger partial charge in [0.2, 0.25) is 0 Å². The molecular weight excluding hydrogens is 338 g/mol. The van der Waals surface area contributed by atoms with E-state index >= 15 is 0 Å². The molecule has 2 heterocycles. The fourth-order valence-electron chi connectivity index (χ4n) is 3.62. The number of nitrogens with two attached hydrogens (primary N) is 1. The lowest BCUT2D eigenvalue weighted by molar-refractivity contribution is 0.100. The molecule has 0 saturated carbocycles. The minimum Gasteiger partial charge on any atom is -0.366 e. The number of amides is 1. The molecule has 1 aromatic heterocycles. The average Bonchev–Trinajstić information content (AvgIpc) is 3.34. The summed E-state index contributed by atoms with van der Waals surface area (Å²) in [4.78, 5) is 14.1. The molecule has 6 heteroatoms. The lowest BCUT2D eigenvalue weighted by atomic mass is 10.1. The van der Waals surface area contributed by atoms with Gasteiger partial charge in [-0.3, -0.25) is 4.79 Å². The van der Waals surface area contributed by atoms with E-state index in [1.165, 1.54) is 31.5 Å². The Morgan fingerprint density at radius 1 is 1.11 bits per heavy atom. The van der Waals surface area contributed by atoms with Crippen molar-refractivity contribution in [2.24, 2.45) is 5.73 Å². The smallest absolute Gasteiger partial charge is 0.250 e. The van der Waals surface area contributed by atoms with Crippen LogP contribution in [0.1, 0.15) is 28.8 Å². The van der Waals surface area contributed by atoms with Crippen molar-refractivity contribution in [1.29, 1.82) is 0 Å². The Morgan fingerprint density at radius 2 is 1.89 bits per heavy atom. The Hall–Kier alpha value is -2.70. The van der Waals surface area contributed by atoms with Crippen LogP contribution in [0.3, 0.4) is 0 Å². The standard InChI is InChI=1S/C21H25N5O/c22-21(27)19-5-3-4-17-15-26(24-20(17)19)18-8-6-16(7-9-18)14-23-10-13-25-11-1-2-12-25/h3-9,15,23H,1-2,10-14H2,(H2,22,27). The van der Waals surface area contributed by atoms with Crippen molar-refractivity contribution in [3.05, 3.63) is 59.8 Å². The lowest BCUT2D eigenvalue weighted by Crippen LogP contribution is -2.29. The quantitative estimate of drug-likeness (QED) is 0.632. The second-order valence-corrected chi connectivity index (χ2v) is 7.07. The van der Waals surface area contributed by atoms with Crippen LogP contribution in [-0.2, 0) is 6.54 Å². The third kappa shape index (κ3) is 4.02. The number of nitrogens with one attached hydrogen (secondary N) is 1. The topological polar surface area (TPSA) is 76.2 Å². The third-order valence-electron chi connectivity index (χ3n) is 5.14. The van der Waals surface area contributed by atoms with Gasteiger partial charge in [-0.05, 0) is 49.7 Å². The van der Waals surface area contributed by atoms with Gasteiger partial charge in [-0.1, -0.05) is 24.3 Å². The highest BCUT2D eigenvalue weighted by atomic mass is 16.1. The lowest BCUT2D eigenvalue weighted by Gasteiger charge is -2.14. The highest BCUT2D eigenvalue weighted by Gasteiger charge is 2.11. The van der Waals surface area contributed by atoms with Gasteiger partial charge in [0.05, 0.1) is 11.3 Å². The van der Waals surface area contributed by atoms with Crippen molar-refractivity contribution < 1.29 is 4.79 Å². The van der Waals surface area contributed by atoms with Crippen LogP contribution in [0.25, 0.3) is 16.6 Å². The molecule has 4 rings (SSSR count). The van der Waals surface area contributed by atoms with E-state index in [0.717, 1.165) is 30.7 Å². The summed E-state index contributed by atoms with van der Waals surface area (Å²) in [6, 6.07) is 13.8. The molecule has 0 bridgehead atoms. The molecule has 0 spiro atoms. The fourth-order valence-corrected chi connectivity index (χ4v) is 3.62. The van der Waals surface area contributed by atoms with Gasteiger partial charge in [0.1, 0.15) is 5.52 Å². The molecule has 1 fully saturated rings. The van der Waals surface area contributed by atoms with Crippen LogP contribution in [0, 0.1) is 0 Å². The molecule has 3 N–H and O–H groups in total. The molecule has 0 atom stereocenters. The molecule has 140 valence electrons. The first-order valence-corrected chi connectivity index (χ1v) is 9.51. The Morgan fingerprint density at radius 3 is 2.63 bits per heavy atom. The summed E-state index contributed by atoms with van der Waals surface area (Å²) >= 11 is 0.